The van der Waals surface area contributed by atoms with Gasteiger partial charge in [-0.05, 0) is 86.7 Å². The van der Waals surface area contributed by atoms with Crippen LogP contribution in [0.25, 0.3) is 27.6 Å². The van der Waals surface area contributed by atoms with E-state index in [1.54, 1.807) is 0 Å². The Kier molecular flexibility index (Phi) is 7.14. The van der Waals surface area contributed by atoms with Crippen LogP contribution in [0.4, 0.5) is 17.1 Å². The summed E-state index contributed by atoms with van der Waals surface area (Å²) >= 11 is 0. The first-order valence-electron chi connectivity index (χ1n) is 19.5. The molecule has 0 amide bonds. The lowest BCUT2D eigenvalue weighted by Gasteiger charge is -2.42. The highest BCUT2D eigenvalue weighted by Gasteiger charge is 2.41. The molecule has 10 rings (SSSR count). The molecule has 3 aliphatic rings. The molecule has 4 aromatic carbocycles. The molecule has 0 bridgehead atoms. The Bertz CT molecular complexity index is 2740. The monoisotopic (exact) mass is 721 g/mol. The molecule has 5 heterocycles. The topological polar surface area (TPSA) is 55.5 Å². The Labute approximate surface area is 323 Å². The standard InChI is InChI=1S/C49H47N5O/c1-47(2,3)31-17-18-34-29(21-31)23-43-45(34)52-46(55-43)30-22-33(28-50-27-30)53-40-16-12-10-14-37(40)49(7,8)38-25-36-35-13-9-11-15-39(35)54(41(36)26-42(38)53)44-24-32(19-20-51-44)48(4,5)6/h9-22,24-28,43,45H,23H2,1-8H3/t43-,45+/m0/s1. The molecule has 0 N–H and O–H groups in total. The van der Waals surface area contributed by atoms with Crippen LogP contribution in [0, 0.1) is 0 Å². The molecule has 55 heavy (non-hydrogen) atoms. The van der Waals surface area contributed by atoms with Gasteiger partial charge in [-0.2, -0.15) is 0 Å². The zero-order valence-corrected chi connectivity index (χ0v) is 33.0. The number of benzene rings is 4. The number of anilines is 3. The number of ether oxygens (including phenoxy) is 1. The molecule has 6 nitrogen and oxygen atoms in total. The second-order valence-electron chi connectivity index (χ2n) is 18.2. The van der Waals surface area contributed by atoms with Crippen molar-refractivity contribution in [3.05, 3.63) is 155 Å². The first-order valence-corrected chi connectivity index (χ1v) is 19.5. The highest BCUT2D eigenvalue weighted by molar-refractivity contribution is 6.11. The van der Waals surface area contributed by atoms with Gasteiger partial charge in [0.05, 0.1) is 39.9 Å². The second-order valence-corrected chi connectivity index (χ2v) is 18.2. The van der Waals surface area contributed by atoms with E-state index < -0.39 is 0 Å². The molecule has 2 aliphatic heterocycles. The lowest BCUT2D eigenvalue weighted by atomic mass is 9.73. The molecule has 0 saturated carbocycles. The van der Waals surface area contributed by atoms with Gasteiger partial charge >= 0.3 is 0 Å². The lowest BCUT2D eigenvalue weighted by Crippen LogP contribution is -2.30. The maximum absolute atomic E-state index is 6.66. The van der Waals surface area contributed by atoms with E-state index in [-0.39, 0.29) is 28.4 Å². The first-order chi connectivity index (χ1) is 26.3. The van der Waals surface area contributed by atoms with E-state index in [1.165, 1.54) is 44.2 Å². The number of nitrogens with zero attached hydrogens (tertiary/aromatic N) is 5. The van der Waals surface area contributed by atoms with Gasteiger partial charge in [-0.1, -0.05) is 110 Å². The summed E-state index contributed by atoms with van der Waals surface area (Å²) in [6.45, 7) is 18.3. The van der Waals surface area contributed by atoms with Crippen molar-refractivity contribution in [2.75, 3.05) is 4.90 Å². The molecule has 274 valence electrons. The summed E-state index contributed by atoms with van der Waals surface area (Å²) in [5.74, 6) is 1.59. The van der Waals surface area contributed by atoms with Gasteiger partial charge in [0, 0.05) is 35.0 Å². The molecule has 1 aliphatic carbocycles. The van der Waals surface area contributed by atoms with Gasteiger partial charge in [0.25, 0.3) is 0 Å². The van der Waals surface area contributed by atoms with E-state index in [4.69, 9.17) is 19.7 Å². The van der Waals surface area contributed by atoms with Crippen LogP contribution in [0.1, 0.15) is 100 Å². The van der Waals surface area contributed by atoms with Crippen molar-refractivity contribution in [1.82, 2.24) is 14.5 Å². The fourth-order valence-electron chi connectivity index (χ4n) is 9.13. The normalized spacial score (nSPS) is 18.5. The lowest BCUT2D eigenvalue weighted by molar-refractivity contribution is 0.206. The van der Waals surface area contributed by atoms with E-state index in [2.05, 4.69) is 162 Å². The third-order valence-corrected chi connectivity index (χ3v) is 12.2. The number of hydrogen-bond acceptors (Lipinski definition) is 5. The number of aromatic nitrogens is 3. The number of pyridine rings is 2. The number of hydrogen-bond donors (Lipinski definition) is 0. The number of aliphatic imine (C=N–C) groups is 1. The summed E-state index contributed by atoms with van der Waals surface area (Å²) in [4.78, 5) is 17.4. The van der Waals surface area contributed by atoms with E-state index >= 15 is 0 Å². The summed E-state index contributed by atoms with van der Waals surface area (Å²) in [5, 5.41) is 2.43. The average Bonchev–Trinajstić information content (AvgIpc) is 3.83. The van der Waals surface area contributed by atoms with Gasteiger partial charge in [0.15, 0.2) is 0 Å². The molecule has 2 atom stereocenters. The van der Waals surface area contributed by atoms with Crippen LogP contribution in [0.2, 0.25) is 0 Å². The van der Waals surface area contributed by atoms with Crippen molar-refractivity contribution >= 4 is 44.8 Å². The predicted molar refractivity (Wildman–Crippen MR) is 225 cm³/mol. The molecular weight excluding hydrogens is 675 g/mol. The Balaban J connectivity index is 1.14. The van der Waals surface area contributed by atoms with Crippen LogP contribution in [0.3, 0.4) is 0 Å². The van der Waals surface area contributed by atoms with E-state index in [1.807, 2.05) is 18.6 Å². The first kappa shape index (κ1) is 33.8. The smallest absolute Gasteiger partial charge is 0.218 e. The van der Waals surface area contributed by atoms with Crippen LogP contribution in [-0.2, 0) is 27.4 Å². The van der Waals surface area contributed by atoms with Crippen LogP contribution in [0.15, 0.2) is 121 Å². The minimum absolute atomic E-state index is 0.000473. The number of para-hydroxylation sites is 2. The molecule has 0 spiro atoms. The van der Waals surface area contributed by atoms with Crippen LogP contribution in [0.5, 0.6) is 0 Å². The third-order valence-electron chi connectivity index (χ3n) is 12.2. The fraction of sp³-hybridized carbons (Fsp3) is 0.286. The van der Waals surface area contributed by atoms with Crippen molar-refractivity contribution in [3.8, 4) is 5.82 Å². The quantitative estimate of drug-likeness (QED) is 0.182. The van der Waals surface area contributed by atoms with Crippen molar-refractivity contribution in [2.45, 2.75) is 90.2 Å². The van der Waals surface area contributed by atoms with E-state index in [0.29, 0.717) is 5.90 Å². The van der Waals surface area contributed by atoms with Crippen molar-refractivity contribution in [2.24, 2.45) is 4.99 Å². The van der Waals surface area contributed by atoms with Crippen LogP contribution in [-0.4, -0.2) is 26.5 Å². The number of fused-ring (bicyclic) bond motifs is 8. The fourth-order valence-corrected chi connectivity index (χ4v) is 9.13. The molecule has 0 saturated heterocycles. The van der Waals surface area contributed by atoms with Gasteiger partial charge in [-0.3, -0.25) is 9.55 Å². The van der Waals surface area contributed by atoms with E-state index in [0.717, 1.165) is 45.9 Å². The molecule has 7 aromatic rings. The molecule has 6 heteroatoms. The predicted octanol–water partition coefficient (Wildman–Crippen LogP) is 11.7. The van der Waals surface area contributed by atoms with Crippen LogP contribution < -0.4 is 4.90 Å². The summed E-state index contributed by atoms with van der Waals surface area (Å²) in [5.41, 5.74) is 14.0. The van der Waals surface area contributed by atoms with Gasteiger partial charge < -0.3 is 9.64 Å². The Hall–Kier alpha value is -5.75. The molecule has 3 aromatic heterocycles. The minimum Gasteiger partial charge on any atom is -0.471 e. The van der Waals surface area contributed by atoms with Crippen molar-refractivity contribution < 1.29 is 4.74 Å². The Morgan fingerprint density at radius 3 is 2.29 bits per heavy atom. The highest BCUT2D eigenvalue weighted by Crippen LogP contribution is 2.54. The van der Waals surface area contributed by atoms with Crippen molar-refractivity contribution in [1.29, 1.82) is 0 Å². The Morgan fingerprint density at radius 1 is 0.709 bits per heavy atom. The largest absolute Gasteiger partial charge is 0.471 e. The molecule has 0 unspecified atom stereocenters. The maximum Gasteiger partial charge on any atom is 0.218 e. The van der Waals surface area contributed by atoms with Gasteiger partial charge in [-0.25, -0.2) is 9.98 Å². The van der Waals surface area contributed by atoms with Crippen molar-refractivity contribution in [3.63, 3.8) is 0 Å². The SMILES string of the molecule is CC(C)(C)c1ccnc(-n2c3ccccc3c3cc4c(cc32)N(c2cncc(C3=N[C@@H]5c6ccc(C(C)(C)C)cc6C[C@@H]5O3)c2)c2ccccc2C4(C)C)c1. The Morgan fingerprint density at radius 2 is 1.47 bits per heavy atom. The summed E-state index contributed by atoms with van der Waals surface area (Å²) < 4.78 is 9.00. The highest BCUT2D eigenvalue weighted by atomic mass is 16.5. The van der Waals surface area contributed by atoms with E-state index in [9.17, 15) is 0 Å². The van der Waals surface area contributed by atoms with Gasteiger partial charge in [0.1, 0.15) is 18.0 Å². The molecular formula is C49H47N5O. The third kappa shape index (κ3) is 5.17. The second kappa shape index (κ2) is 11.6. The zero-order chi connectivity index (χ0) is 38.0. The van der Waals surface area contributed by atoms with Gasteiger partial charge in [-0.15, -0.1) is 0 Å². The maximum atomic E-state index is 6.66. The summed E-state index contributed by atoms with van der Waals surface area (Å²) in [7, 11) is 0. The number of rotatable bonds is 3. The van der Waals surface area contributed by atoms with Gasteiger partial charge in [0.2, 0.25) is 5.90 Å². The average molecular weight is 722 g/mol. The summed E-state index contributed by atoms with van der Waals surface area (Å²) in [6.07, 6.45) is 6.67. The molecule has 0 fully saturated rings. The minimum atomic E-state index is -0.258. The van der Waals surface area contributed by atoms with Crippen LogP contribution >= 0.6 is 0 Å². The zero-order valence-electron chi connectivity index (χ0n) is 33.0. The summed E-state index contributed by atoms with van der Waals surface area (Å²) in [6, 6.07) is 35.8. The molecule has 0 radical (unpaired) electrons.